The van der Waals surface area contributed by atoms with Crippen molar-refractivity contribution in [3.05, 3.63) is 26.8 Å². The molecule has 1 aromatic carbocycles. The van der Waals surface area contributed by atoms with E-state index in [4.69, 9.17) is 15.8 Å². The van der Waals surface area contributed by atoms with Gasteiger partial charge in [0.25, 0.3) is 0 Å². The van der Waals surface area contributed by atoms with E-state index in [1.54, 1.807) is 6.07 Å². The van der Waals surface area contributed by atoms with Crippen LogP contribution in [0.2, 0.25) is 0 Å². The minimum atomic E-state index is -1.42. The summed E-state index contributed by atoms with van der Waals surface area (Å²) in [4.78, 5) is 0. The molecule has 1 rings (SSSR count). The van der Waals surface area contributed by atoms with Crippen molar-refractivity contribution >= 4 is 35.2 Å². The van der Waals surface area contributed by atoms with Crippen LogP contribution in [-0.2, 0) is 6.54 Å². The van der Waals surface area contributed by atoms with Gasteiger partial charge in [0.05, 0.1) is 0 Å². The Morgan fingerprint density at radius 1 is 1.46 bits per heavy atom. The highest BCUT2D eigenvalue weighted by Gasteiger charge is 2.16. The quantitative estimate of drug-likeness (QED) is 0.519. The van der Waals surface area contributed by atoms with Crippen LogP contribution in [0.3, 0.4) is 0 Å². The number of benzene rings is 1. The Balaban J connectivity index is 3.25. The molecule has 0 fully saturated rings. The van der Waals surface area contributed by atoms with E-state index in [1.807, 2.05) is 13.0 Å². The molecule has 0 bridgehead atoms. The van der Waals surface area contributed by atoms with Gasteiger partial charge in [0.1, 0.15) is 0 Å². The summed E-state index contributed by atoms with van der Waals surface area (Å²) in [6.45, 7) is 2.27. The molecule has 0 heterocycles. The largest absolute Gasteiger partial charge is 0.488 e. The average molecular weight is 291 g/mol. The molecule has 13 heavy (non-hydrogen) atoms. The van der Waals surface area contributed by atoms with Crippen molar-refractivity contribution in [2.75, 3.05) is 0 Å². The summed E-state index contributed by atoms with van der Waals surface area (Å²) in [5, 5.41) is 18.1. The van der Waals surface area contributed by atoms with Gasteiger partial charge in [0, 0.05) is 10.1 Å². The lowest BCUT2D eigenvalue weighted by atomic mass is 9.76. The number of hydrogen-bond donors (Lipinski definition) is 3. The van der Waals surface area contributed by atoms with Crippen LogP contribution < -0.4 is 11.2 Å². The van der Waals surface area contributed by atoms with E-state index in [2.05, 4.69) is 22.6 Å². The Morgan fingerprint density at radius 2 is 2.08 bits per heavy atom. The van der Waals surface area contributed by atoms with E-state index in [1.165, 1.54) is 0 Å². The average Bonchev–Trinajstić information content (AvgIpc) is 2.09. The van der Waals surface area contributed by atoms with Crippen LogP contribution in [0.4, 0.5) is 0 Å². The summed E-state index contributed by atoms with van der Waals surface area (Å²) < 4.78 is 1.00. The minimum Gasteiger partial charge on any atom is -0.423 e. The van der Waals surface area contributed by atoms with Gasteiger partial charge in [-0.3, -0.25) is 0 Å². The molecular weight excluding hydrogens is 280 g/mol. The Labute approximate surface area is 91.2 Å². The van der Waals surface area contributed by atoms with E-state index in [0.29, 0.717) is 12.0 Å². The maximum atomic E-state index is 9.06. The molecule has 0 aliphatic rings. The number of rotatable bonds is 2. The maximum absolute atomic E-state index is 9.06. The standard InChI is InChI=1S/C8H11BINO2/c1-5-7(9(12)13)2-6(4-11)3-8(5)10/h2-3,12-13H,4,11H2,1H3. The second-order valence-corrected chi connectivity index (χ2v) is 4.03. The van der Waals surface area contributed by atoms with Crippen LogP contribution in [0.15, 0.2) is 12.1 Å². The second kappa shape index (κ2) is 4.41. The zero-order valence-corrected chi connectivity index (χ0v) is 9.45. The van der Waals surface area contributed by atoms with Crippen molar-refractivity contribution in [1.29, 1.82) is 0 Å². The summed E-state index contributed by atoms with van der Waals surface area (Å²) in [5.74, 6) is 0. The van der Waals surface area contributed by atoms with Crippen LogP contribution in [0.5, 0.6) is 0 Å². The first kappa shape index (κ1) is 11.0. The van der Waals surface area contributed by atoms with Crippen molar-refractivity contribution in [3.63, 3.8) is 0 Å². The van der Waals surface area contributed by atoms with Crippen LogP contribution in [0.1, 0.15) is 11.1 Å². The third-order valence-electron chi connectivity index (χ3n) is 1.96. The molecule has 0 aliphatic carbocycles. The summed E-state index contributed by atoms with van der Waals surface area (Å²) in [6.07, 6.45) is 0. The zero-order valence-electron chi connectivity index (χ0n) is 7.29. The lowest BCUT2D eigenvalue weighted by molar-refractivity contribution is 0.425. The lowest BCUT2D eigenvalue weighted by Gasteiger charge is -2.09. The Bertz CT molecular complexity index is 317. The molecule has 0 aromatic heterocycles. The first-order valence-electron chi connectivity index (χ1n) is 3.91. The minimum absolute atomic E-state index is 0.413. The molecule has 0 unspecified atom stereocenters. The first-order valence-corrected chi connectivity index (χ1v) is 4.99. The van der Waals surface area contributed by atoms with Gasteiger partial charge in [-0.2, -0.15) is 0 Å². The SMILES string of the molecule is Cc1c(I)cc(CN)cc1B(O)O. The van der Waals surface area contributed by atoms with Gasteiger partial charge in [-0.25, -0.2) is 0 Å². The molecule has 1 aromatic rings. The monoisotopic (exact) mass is 291 g/mol. The number of hydrogen-bond acceptors (Lipinski definition) is 3. The fourth-order valence-electron chi connectivity index (χ4n) is 1.14. The van der Waals surface area contributed by atoms with E-state index in [0.717, 1.165) is 14.7 Å². The van der Waals surface area contributed by atoms with Crippen LogP contribution in [0, 0.1) is 10.5 Å². The van der Waals surface area contributed by atoms with Crippen LogP contribution in [0.25, 0.3) is 0 Å². The smallest absolute Gasteiger partial charge is 0.423 e. The highest BCUT2D eigenvalue weighted by Crippen LogP contribution is 2.11. The highest BCUT2D eigenvalue weighted by atomic mass is 127. The second-order valence-electron chi connectivity index (χ2n) is 2.87. The number of halogens is 1. The van der Waals surface area contributed by atoms with Gasteiger partial charge >= 0.3 is 7.12 Å². The van der Waals surface area contributed by atoms with E-state index in [9.17, 15) is 0 Å². The van der Waals surface area contributed by atoms with Gasteiger partial charge in [0.2, 0.25) is 0 Å². The third kappa shape index (κ3) is 2.43. The predicted octanol–water partition coefficient (Wildman–Crippen LogP) is -0.262. The Morgan fingerprint density at radius 3 is 2.54 bits per heavy atom. The molecule has 4 N–H and O–H groups in total. The van der Waals surface area contributed by atoms with Crippen molar-refractivity contribution < 1.29 is 10.0 Å². The Kier molecular flexibility index (Phi) is 3.72. The van der Waals surface area contributed by atoms with Gasteiger partial charge in [-0.1, -0.05) is 6.07 Å². The third-order valence-corrected chi connectivity index (χ3v) is 3.08. The first-order chi connectivity index (χ1) is 6.06. The molecule has 0 amide bonds. The molecule has 0 saturated carbocycles. The van der Waals surface area contributed by atoms with Crippen molar-refractivity contribution in [1.82, 2.24) is 0 Å². The molecule has 0 saturated heterocycles. The molecule has 70 valence electrons. The van der Waals surface area contributed by atoms with Crippen LogP contribution >= 0.6 is 22.6 Å². The van der Waals surface area contributed by atoms with Gasteiger partial charge in [-0.05, 0) is 52.2 Å². The highest BCUT2D eigenvalue weighted by molar-refractivity contribution is 14.1. The topological polar surface area (TPSA) is 66.5 Å². The van der Waals surface area contributed by atoms with Crippen molar-refractivity contribution in [2.24, 2.45) is 5.73 Å². The Hall–Kier alpha value is -0.105. The molecular formula is C8H11BINO2. The fourth-order valence-corrected chi connectivity index (χ4v) is 1.86. The fraction of sp³-hybridized carbons (Fsp3) is 0.250. The molecule has 3 nitrogen and oxygen atoms in total. The summed E-state index contributed by atoms with van der Waals surface area (Å²) in [5.41, 5.74) is 7.82. The van der Waals surface area contributed by atoms with Crippen LogP contribution in [-0.4, -0.2) is 17.2 Å². The van der Waals surface area contributed by atoms with E-state index >= 15 is 0 Å². The molecule has 5 heteroatoms. The summed E-state index contributed by atoms with van der Waals surface area (Å²) in [7, 11) is -1.42. The molecule has 0 radical (unpaired) electrons. The molecule has 0 spiro atoms. The van der Waals surface area contributed by atoms with Gasteiger partial charge in [0.15, 0.2) is 0 Å². The lowest BCUT2D eigenvalue weighted by Crippen LogP contribution is -2.33. The van der Waals surface area contributed by atoms with E-state index in [-0.39, 0.29) is 0 Å². The summed E-state index contributed by atoms with van der Waals surface area (Å²) in [6, 6.07) is 3.67. The summed E-state index contributed by atoms with van der Waals surface area (Å²) >= 11 is 2.15. The normalized spacial score (nSPS) is 10.2. The van der Waals surface area contributed by atoms with Crippen molar-refractivity contribution in [2.45, 2.75) is 13.5 Å². The molecule has 0 atom stereocenters. The predicted molar refractivity (Wildman–Crippen MR) is 61.6 cm³/mol. The molecule has 0 aliphatic heterocycles. The van der Waals surface area contributed by atoms with Crippen molar-refractivity contribution in [3.8, 4) is 0 Å². The maximum Gasteiger partial charge on any atom is 0.488 e. The van der Waals surface area contributed by atoms with Gasteiger partial charge < -0.3 is 15.8 Å². The number of nitrogens with two attached hydrogens (primary N) is 1. The zero-order chi connectivity index (χ0) is 10.0. The van der Waals surface area contributed by atoms with Gasteiger partial charge in [-0.15, -0.1) is 0 Å². The van der Waals surface area contributed by atoms with E-state index < -0.39 is 7.12 Å².